The number of amides is 4. The van der Waals surface area contributed by atoms with Crippen LogP contribution >= 0.6 is 0 Å². The van der Waals surface area contributed by atoms with Gasteiger partial charge in [-0.05, 0) is 39.8 Å². The van der Waals surface area contributed by atoms with Crippen molar-refractivity contribution in [3.8, 4) is 0 Å². The summed E-state index contributed by atoms with van der Waals surface area (Å²) in [5.74, 6) is -0.131. The number of piperazine rings is 1. The summed E-state index contributed by atoms with van der Waals surface area (Å²) in [6.07, 6.45) is 2.36. The molecule has 0 unspecified atom stereocenters. The Morgan fingerprint density at radius 1 is 1.00 bits per heavy atom. The summed E-state index contributed by atoms with van der Waals surface area (Å²) in [6, 6.07) is -0.850. The van der Waals surface area contributed by atoms with Crippen LogP contribution in [0.3, 0.4) is 0 Å². The lowest BCUT2D eigenvalue weighted by Crippen LogP contribution is -2.57. The fraction of sp³-hybridized carbons (Fsp3) is 0.812. The van der Waals surface area contributed by atoms with Crippen LogP contribution in [-0.4, -0.2) is 90.9 Å². The van der Waals surface area contributed by atoms with Crippen molar-refractivity contribution in [2.24, 2.45) is 0 Å². The second-order valence-corrected chi connectivity index (χ2v) is 6.42. The van der Waals surface area contributed by atoms with E-state index in [1.165, 1.54) is 12.8 Å². The summed E-state index contributed by atoms with van der Waals surface area (Å²) in [6.45, 7) is 9.16. The first kappa shape index (κ1) is 18.7. The van der Waals surface area contributed by atoms with Gasteiger partial charge >= 0.3 is 6.03 Å². The molecule has 0 aromatic heterocycles. The van der Waals surface area contributed by atoms with Crippen molar-refractivity contribution in [1.29, 1.82) is 0 Å². The van der Waals surface area contributed by atoms with Gasteiger partial charge in [0, 0.05) is 32.7 Å². The minimum absolute atomic E-state index is 0.177. The number of nitrogens with zero attached hydrogens (tertiary/aromatic N) is 3. The summed E-state index contributed by atoms with van der Waals surface area (Å²) in [7, 11) is 0. The molecule has 2 rings (SSSR count). The summed E-state index contributed by atoms with van der Waals surface area (Å²) < 4.78 is 0. The van der Waals surface area contributed by atoms with Crippen molar-refractivity contribution < 1.29 is 14.4 Å². The second-order valence-electron chi connectivity index (χ2n) is 6.42. The average Bonchev–Trinajstić information content (AvgIpc) is 3.07. The van der Waals surface area contributed by atoms with E-state index in [1.807, 2.05) is 9.80 Å². The number of rotatable bonds is 5. The van der Waals surface area contributed by atoms with Gasteiger partial charge in [-0.15, -0.1) is 0 Å². The van der Waals surface area contributed by atoms with Crippen molar-refractivity contribution in [2.45, 2.75) is 32.7 Å². The van der Waals surface area contributed by atoms with Crippen LogP contribution in [0.15, 0.2) is 0 Å². The van der Waals surface area contributed by atoms with Crippen LogP contribution in [0, 0.1) is 0 Å². The van der Waals surface area contributed by atoms with Crippen LogP contribution in [-0.2, 0) is 9.59 Å². The molecular weight excluding hydrogens is 310 g/mol. The quantitative estimate of drug-likeness (QED) is 0.703. The molecule has 0 aromatic rings. The van der Waals surface area contributed by atoms with Gasteiger partial charge < -0.3 is 10.2 Å². The number of hydrogen-bond acceptors (Lipinski definition) is 5. The molecule has 2 N–H and O–H groups in total. The zero-order valence-electron chi connectivity index (χ0n) is 14.7. The van der Waals surface area contributed by atoms with Gasteiger partial charge in [-0.3, -0.25) is 24.7 Å². The predicted octanol–water partition coefficient (Wildman–Crippen LogP) is -0.539. The Labute approximate surface area is 143 Å². The first-order valence-electron chi connectivity index (χ1n) is 8.84. The normalized spacial score (nSPS) is 20.7. The van der Waals surface area contributed by atoms with E-state index < -0.39 is 6.03 Å². The lowest BCUT2D eigenvalue weighted by Gasteiger charge is -2.37. The molecule has 0 aliphatic carbocycles. The molecule has 2 aliphatic rings. The highest BCUT2D eigenvalue weighted by molar-refractivity contribution is 5.96. The molecule has 2 heterocycles. The van der Waals surface area contributed by atoms with Gasteiger partial charge in [-0.2, -0.15) is 0 Å². The molecule has 0 spiro atoms. The Bertz CT molecular complexity index is 457. The van der Waals surface area contributed by atoms with Crippen LogP contribution in [0.1, 0.15) is 26.7 Å². The van der Waals surface area contributed by atoms with Crippen molar-refractivity contribution in [3.05, 3.63) is 0 Å². The minimum atomic E-state index is -0.464. The lowest BCUT2D eigenvalue weighted by atomic mass is 10.2. The Morgan fingerprint density at radius 3 is 2.21 bits per heavy atom. The Hall–Kier alpha value is -1.67. The Kier molecular flexibility index (Phi) is 6.99. The van der Waals surface area contributed by atoms with E-state index in [0.29, 0.717) is 39.3 Å². The number of likely N-dealkylation sites (tertiary alicyclic amines) is 1. The van der Waals surface area contributed by atoms with Gasteiger partial charge in [-0.25, -0.2) is 4.79 Å². The molecule has 8 heteroatoms. The topological polar surface area (TPSA) is 85.0 Å². The second kappa shape index (κ2) is 8.98. The highest BCUT2D eigenvalue weighted by Crippen LogP contribution is 2.10. The highest BCUT2D eigenvalue weighted by Gasteiger charge is 2.29. The number of hydrogen-bond donors (Lipinski definition) is 2. The molecule has 2 fully saturated rings. The van der Waals surface area contributed by atoms with Gasteiger partial charge in [0.25, 0.3) is 0 Å². The molecule has 0 bridgehead atoms. The van der Waals surface area contributed by atoms with E-state index in [2.05, 4.69) is 15.5 Å². The number of urea groups is 1. The molecule has 8 nitrogen and oxygen atoms in total. The first-order chi connectivity index (χ1) is 11.5. The largest absolute Gasteiger partial charge is 0.339 e. The summed E-state index contributed by atoms with van der Waals surface area (Å²) in [4.78, 5) is 41.9. The van der Waals surface area contributed by atoms with Crippen molar-refractivity contribution in [1.82, 2.24) is 25.3 Å². The van der Waals surface area contributed by atoms with E-state index in [1.54, 1.807) is 13.8 Å². The van der Waals surface area contributed by atoms with Crippen molar-refractivity contribution >= 4 is 17.8 Å². The monoisotopic (exact) mass is 339 g/mol. The third-order valence-electron chi connectivity index (χ3n) is 4.73. The third kappa shape index (κ3) is 5.17. The smallest absolute Gasteiger partial charge is 0.321 e. The predicted molar refractivity (Wildman–Crippen MR) is 90.5 cm³/mol. The standard InChI is InChI=1S/C16H29N5O3/c1-3-17-16(24)18-15(23)13(2)20-8-10-21(11-9-20)14(22)12-19-6-4-5-7-19/h13H,3-12H2,1-2H3,(H2,17,18,23,24)/t13-/m1/s1. The number of imide groups is 1. The zero-order valence-corrected chi connectivity index (χ0v) is 14.7. The van der Waals surface area contributed by atoms with Gasteiger partial charge in [-0.1, -0.05) is 0 Å². The van der Waals surface area contributed by atoms with Gasteiger partial charge in [0.15, 0.2) is 0 Å². The van der Waals surface area contributed by atoms with Crippen LogP contribution in [0.25, 0.3) is 0 Å². The maximum absolute atomic E-state index is 12.3. The van der Waals surface area contributed by atoms with Crippen LogP contribution < -0.4 is 10.6 Å². The van der Waals surface area contributed by atoms with Crippen LogP contribution in [0.2, 0.25) is 0 Å². The van der Waals surface area contributed by atoms with Gasteiger partial charge in [0.1, 0.15) is 0 Å². The lowest BCUT2D eigenvalue weighted by molar-refractivity contribution is -0.135. The minimum Gasteiger partial charge on any atom is -0.339 e. The molecule has 136 valence electrons. The van der Waals surface area contributed by atoms with Gasteiger partial charge in [0.2, 0.25) is 11.8 Å². The Morgan fingerprint density at radius 2 is 1.62 bits per heavy atom. The van der Waals surface area contributed by atoms with E-state index >= 15 is 0 Å². The van der Waals surface area contributed by atoms with E-state index in [9.17, 15) is 14.4 Å². The molecule has 4 amide bonds. The van der Waals surface area contributed by atoms with E-state index in [0.717, 1.165) is 13.1 Å². The average molecular weight is 339 g/mol. The van der Waals surface area contributed by atoms with Crippen molar-refractivity contribution in [2.75, 3.05) is 52.4 Å². The summed E-state index contributed by atoms with van der Waals surface area (Å²) in [5, 5.41) is 4.89. The summed E-state index contributed by atoms with van der Waals surface area (Å²) >= 11 is 0. The van der Waals surface area contributed by atoms with Gasteiger partial charge in [0.05, 0.1) is 12.6 Å². The molecule has 24 heavy (non-hydrogen) atoms. The highest BCUT2D eigenvalue weighted by atomic mass is 16.2. The number of carbonyl (C=O) groups is 3. The third-order valence-corrected chi connectivity index (χ3v) is 4.73. The van der Waals surface area contributed by atoms with E-state index in [4.69, 9.17) is 0 Å². The molecule has 0 saturated carbocycles. The molecule has 2 aliphatic heterocycles. The number of carbonyl (C=O) groups excluding carboxylic acids is 3. The maximum atomic E-state index is 12.3. The van der Waals surface area contributed by atoms with Crippen LogP contribution in [0.4, 0.5) is 4.79 Å². The zero-order chi connectivity index (χ0) is 17.5. The van der Waals surface area contributed by atoms with Crippen molar-refractivity contribution in [3.63, 3.8) is 0 Å². The molecule has 1 atom stereocenters. The van der Waals surface area contributed by atoms with E-state index in [-0.39, 0.29) is 17.9 Å². The molecular formula is C16H29N5O3. The molecule has 2 saturated heterocycles. The summed E-state index contributed by atoms with van der Waals surface area (Å²) in [5.41, 5.74) is 0. The SMILES string of the molecule is CCNC(=O)NC(=O)[C@@H](C)N1CCN(C(=O)CN2CCCC2)CC1. The molecule has 0 radical (unpaired) electrons. The Balaban J connectivity index is 1.73. The van der Waals surface area contributed by atoms with Crippen LogP contribution in [0.5, 0.6) is 0 Å². The fourth-order valence-corrected chi connectivity index (χ4v) is 3.18. The number of nitrogens with one attached hydrogen (secondary N) is 2. The molecule has 0 aromatic carbocycles. The maximum Gasteiger partial charge on any atom is 0.321 e. The fourth-order valence-electron chi connectivity index (χ4n) is 3.18. The first-order valence-corrected chi connectivity index (χ1v) is 8.84.